The van der Waals surface area contributed by atoms with E-state index in [0.717, 1.165) is 5.56 Å². The Balaban J connectivity index is 2.06. The van der Waals surface area contributed by atoms with E-state index in [1.165, 1.54) is 18.2 Å². The molecule has 0 saturated heterocycles. The Kier molecular flexibility index (Phi) is 12.7. The maximum Gasteiger partial charge on any atom is 0.475 e. The molecule has 39 heavy (non-hydrogen) atoms. The number of rotatable bonds is 14. The summed E-state index contributed by atoms with van der Waals surface area (Å²) in [6.07, 6.45) is 2.74. The van der Waals surface area contributed by atoms with Gasteiger partial charge < -0.3 is 31.0 Å². The van der Waals surface area contributed by atoms with E-state index >= 15 is 0 Å². The number of aromatic amines is 1. The Hall–Kier alpha value is -4.21. The molecule has 1 unspecified atom stereocenters. The predicted molar refractivity (Wildman–Crippen MR) is 146 cm³/mol. The van der Waals surface area contributed by atoms with Gasteiger partial charge in [0.15, 0.2) is 0 Å². The van der Waals surface area contributed by atoms with E-state index in [0.29, 0.717) is 12.8 Å². The number of nitriles is 1. The van der Waals surface area contributed by atoms with E-state index in [2.05, 4.69) is 20.9 Å². The molecule has 1 aromatic carbocycles. The molecule has 1 aromatic heterocycles. The number of H-pyrrole nitrogens is 1. The molecule has 12 heteroatoms. The molecule has 2 aromatic rings. The molecule has 6 N–H and O–H groups in total. The van der Waals surface area contributed by atoms with E-state index in [9.17, 15) is 29.2 Å². The molecule has 0 aliphatic heterocycles. The summed E-state index contributed by atoms with van der Waals surface area (Å²) in [6, 6.07) is 13.8. The van der Waals surface area contributed by atoms with Crippen molar-refractivity contribution in [2.24, 2.45) is 5.92 Å². The van der Waals surface area contributed by atoms with Crippen molar-refractivity contribution >= 4 is 24.8 Å². The summed E-state index contributed by atoms with van der Waals surface area (Å²) in [5, 5.41) is 36.7. The highest BCUT2D eigenvalue weighted by Gasteiger charge is 2.29. The molecule has 0 radical (unpaired) electrons. The van der Waals surface area contributed by atoms with Gasteiger partial charge in [0.25, 0.3) is 11.8 Å². The summed E-state index contributed by atoms with van der Waals surface area (Å²) in [6.45, 7) is 3.96. The fraction of sp³-hybridized carbons (Fsp3) is 0.370. The first-order valence-electron chi connectivity index (χ1n) is 12.7. The molecule has 0 spiro atoms. The molecule has 0 bridgehead atoms. The van der Waals surface area contributed by atoms with Crippen molar-refractivity contribution in [1.82, 2.24) is 20.9 Å². The fourth-order valence-corrected chi connectivity index (χ4v) is 3.74. The molecule has 2 atom stereocenters. The van der Waals surface area contributed by atoms with Crippen LogP contribution >= 0.6 is 0 Å². The lowest BCUT2D eigenvalue weighted by Gasteiger charge is -2.23. The second kappa shape index (κ2) is 15.9. The third-order valence-electron chi connectivity index (χ3n) is 5.69. The second-order valence-corrected chi connectivity index (χ2v) is 9.36. The number of pyridine rings is 1. The highest BCUT2D eigenvalue weighted by atomic mass is 16.4. The van der Waals surface area contributed by atoms with Crippen molar-refractivity contribution < 1.29 is 24.4 Å². The van der Waals surface area contributed by atoms with E-state index < -0.39 is 42.4 Å². The molecular weight excluding hydrogens is 501 g/mol. The van der Waals surface area contributed by atoms with Gasteiger partial charge in [0.1, 0.15) is 23.4 Å². The Morgan fingerprint density at radius 3 is 2.38 bits per heavy atom. The summed E-state index contributed by atoms with van der Waals surface area (Å²) < 4.78 is 0. The van der Waals surface area contributed by atoms with Gasteiger partial charge in [0, 0.05) is 12.6 Å². The largest absolute Gasteiger partial charge is 0.475 e. The van der Waals surface area contributed by atoms with Crippen LogP contribution in [0.1, 0.15) is 49.2 Å². The first-order valence-corrected chi connectivity index (χ1v) is 12.7. The van der Waals surface area contributed by atoms with Crippen molar-refractivity contribution in [1.29, 1.82) is 5.26 Å². The van der Waals surface area contributed by atoms with Crippen LogP contribution < -0.4 is 21.5 Å². The number of unbranched alkanes of at least 4 members (excludes halogenated alkanes) is 1. The monoisotopic (exact) mass is 535 g/mol. The number of benzene rings is 1. The lowest BCUT2D eigenvalue weighted by atomic mass is 9.75. The maximum absolute atomic E-state index is 13.2. The number of amides is 3. The molecule has 0 aliphatic rings. The Bertz CT molecular complexity index is 1240. The van der Waals surface area contributed by atoms with Crippen molar-refractivity contribution in [2.75, 3.05) is 6.54 Å². The van der Waals surface area contributed by atoms with E-state index in [1.807, 2.05) is 26.0 Å². The number of hydrogen-bond acceptors (Lipinski definition) is 7. The van der Waals surface area contributed by atoms with Crippen LogP contribution in [-0.2, 0) is 16.0 Å². The summed E-state index contributed by atoms with van der Waals surface area (Å²) in [4.78, 5) is 52.1. The van der Waals surface area contributed by atoms with Crippen molar-refractivity contribution in [2.45, 2.75) is 51.5 Å². The summed E-state index contributed by atoms with van der Waals surface area (Å²) in [5.74, 6) is -2.79. The van der Waals surface area contributed by atoms with E-state index in [4.69, 9.17) is 5.26 Å². The number of carbonyl (C=O) groups is 3. The van der Waals surface area contributed by atoms with Crippen molar-refractivity contribution in [3.8, 4) is 6.07 Å². The zero-order valence-electron chi connectivity index (χ0n) is 22.0. The first kappa shape index (κ1) is 31.0. The normalized spacial score (nSPS) is 12.7. The average molecular weight is 535 g/mol. The zero-order chi connectivity index (χ0) is 28.8. The molecule has 3 amide bonds. The van der Waals surface area contributed by atoms with E-state index in [1.54, 1.807) is 30.3 Å². The quantitative estimate of drug-likeness (QED) is 0.0886. The van der Waals surface area contributed by atoms with Crippen molar-refractivity contribution in [3.05, 3.63) is 81.8 Å². The van der Waals surface area contributed by atoms with Gasteiger partial charge in [-0.15, -0.1) is 0 Å². The lowest BCUT2D eigenvalue weighted by Crippen LogP contribution is -2.54. The Labute approximate surface area is 227 Å². The molecule has 0 fully saturated rings. The highest BCUT2D eigenvalue weighted by molar-refractivity contribution is 6.43. The topological polar surface area (TPSA) is 184 Å². The third-order valence-corrected chi connectivity index (χ3v) is 5.69. The Morgan fingerprint density at radius 2 is 1.77 bits per heavy atom. The summed E-state index contributed by atoms with van der Waals surface area (Å²) >= 11 is 0. The SMILES string of the molecule is CC(C)C=C(C#N)C(=O)NCCCCC(NC(=O)c1cccc(=O)[nH]1)C(=O)N[C@@H](Cc1ccccc1)B(O)O. The number of nitrogens with one attached hydrogen (secondary N) is 4. The minimum atomic E-state index is -1.85. The van der Waals surface area contributed by atoms with Crippen LogP contribution in [0.2, 0.25) is 0 Å². The Morgan fingerprint density at radius 1 is 1.05 bits per heavy atom. The lowest BCUT2D eigenvalue weighted by molar-refractivity contribution is -0.123. The summed E-state index contributed by atoms with van der Waals surface area (Å²) in [7, 11) is -1.85. The van der Waals surface area contributed by atoms with Crippen LogP contribution in [0, 0.1) is 17.2 Å². The number of hydrogen-bond donors (Lipinski definition) is 6. The van der Waals surface area contributed by atoms with E-state index in [-0.39, 0.29) is 36.6 Å². The number of allylic oxidation sites excluding steroid dienone is 1. The molecule has 0 saturated carbocycles. The van der Waals surface area contributed by atoms with Gasteiger partial charge in [0.2, 0.25) is 11.5 Å². The highest BCUT2D eigenvalue weighted by Crippen LogP contribution is 2.08. The summed E-state index contributed by atoms with van der Waals surface area (Å²) in [5.41, 5.74) is 0.293. The standard InChI is InChI=1S/C27H34BN5O6/c1-18(2)15-20(17-29)25(35)30-14-7-6-11-22(32-26(36)21-12-8-13-24(34)31-21)27(37)33-23(28(38)39)16-19-9-4-3-5-10-19/h3-5,8-10,12-13,15,18,22-23,38-39H,6-7,11,14,16H2,1-2H3,(H,30,35)(H,31,34)(H,32,36)(H,33,37)/t22?,23-/m0/s1. The van der Waals surface area contributed by atoms with Crippen LogP contribution in [0.4, 0.5) is 0 Å². The van der Waals surface area contributed by atoms with Gasteiger partial charge >= 0.3 is 7.12 Å². The van der Waals surface area contributed by atoms with Crippen LogP contribution in [0.15, 0.2) is 65.0 Å². The molecular formula is C27H34BN5O6. The molecule has 206 valence electrons. The van der Waals surface area contributed by atoms with Crippen LogP contribution in [0.5, 0.6) is 0 Å². The van der Waals surface area contributed by atoms with Gasteiger partial charge in [-0.1, -0.05) is 56.3 Å². The minimum absolute atomic E-state index is 0.0263. The predicted octanol–water partition coefficient (Wildman–Crippen LogP) is 0.605. The van der Waals surface area contributed by atoms with Crippen LogP contribution in [0.25, 0.3) is 0 Å². The van der Waals surface area contributed by atoms with Gasteiger partial charge in [-0.25, -0.2) is 0 Å². The third kappa shape index (κ3) is 11.0. The second-order valence-electron chi connectivity index (χ2n) is 9.36. The van der Waals surface area contributed by atoms with Gasteiger partial charge in [-0.2, -0.15) is 5.26 Å². The molecule has 11 nitrogen and oxygen atoms in total. The smallest absolute Gasteiger partial charge is 0.426 e. The zero-order valence-corrected chi connectivity index (χ0v) is 22.0. The van der Waals surface area contributed by atoms with Gasteiger partial charge in [0.05, 0.1) is 5.94 Å². The molecule has 2 rings (SSSR count). The van der Waals surface area contributed by atoms with Crippen molar-refractivity contribution in [3.63, 3.8) is 0 Å². The maximum atomic E-state index is 13.2. The fourth-order valence-electron chi connectivity index (χ4n) is 3.74. The van der Waals surface area contributed by atoms with Crippen LogP contribution in [0.3, 0.4) is 0 Å². The number of nitrogens with zero attached hydrogens (tertiary/aromatic N) is 1. The molecule has 0 aliphatic carbocycles. The number of carbonyl (C=O) groups excluding carboxylic acids is 3. The van der Waals surface area contributed by atoms with Gasteiger partial charge in [-0.3, -0.25) is 19.2 Å². The van der Waals surface area contributed by atoms with Gasteiger partial charge in [-0.05, 0) is 43.2 Å². The number of aromatic nitrogens is 1. The average Bonchev–Trinajstić information content (AvgIpc) is 2.90. The minimum Gasteiger partial charge on any atom is -0.426 e. The molecule has 1 heterocycles. The van der Waals surface area contributed by atoms with Crippen LogP contribution in [-0.4, -0.2) is 58.4 Å². The first-order chi connectivity index (χ1) is 18.6.